The van der Waals surface area contributed by atoms with Gasteiger partial charge in [-0.05, 0) is 66.8 Å². The average Bonchev–Trinajstić information content (AvgIpc) is 3.49. The lowest BCUT2D eigenvalue weighted by atomic mass is 9.94. The number of aliphatic imine (C=N–C) groups is 1. The Hall–Kier alpha value is -3.44. The summed E-state index contributed by atoms with van der Waals surface area (Å²) in [5.41, 5.74) is 1.31. The first-order valence-corrected chi connectivity index (χ1v) is 12.4. The number of halogens is 3. The van der Waals surface area contributed by atoms with Crippen LogP contribution in [-0.4, -0.2) is 39.7 Å². The first-order valence-electron chi connectivity index (χ1n) is 11.5. The largest absolute Gasteiger partial charge is 0.465 e. The van der Waals surface area contributed by atoms with Crippen LogP contribution in [0.1, 0.15) is 50.0 Å². The minimum absolute atomic E-state index is 0.0303. The molecule has 0 spiro atoms. The molecule has 1 aliphatic carbocycles. The Bertz CT molecular complexity index is 1400. The number of ether oxygens (including phenoxy) is 1. The van der Waals surface area contributed by atoms with Crippen molar-refractivity contribution in [3.63, 3.8) is 0 Å². The summed E-state index contributed by atoms with van der Waals surface area (Å²) in [6.45, 7) is 1.86. The Morgan fingerprint density at radius 1 is 1.22 bits per heavy atom. The van der Waals surface area contributed by atoms with Crippen molar-refractivity contribution in [3.8, 4) is 0 Å². The monoisotopic (exact) mass is 528 g/mol. The van der Waals surface area contributed by atoms with Gasteiger partial charge in [0, 0.05) is 12.4 Å². The van der Waals surface area contributed by atoms with Crippen LogP contribution in [-0.2, 0) is 22.9 Å². The summed E-state index contributed by atoms with van der Waals surface area (Å²) in [6.07, 6.45) is -0.725. The number of benzene rings is 1. The number of esters is 1. The molecule has 2 aromatic heterocycles. The van der Waals surface area contributed by atoms with E-state index in [1.54, 1.807) is 24.4 Å². The SMILES string of the molecule is COC(=O)c1cccc2c1CCC2(O)C1N=CC(c2cc(C)cc(Nc3cc(C(F)(F)F)ccn3)n2)S1. The topological polar surface area (TPSA) is 96.7 Å². The van der Waals surface area contributed by atoms with Crippen LogP contribution in [0.2, 0.25) is 0 Å². The summed E-state index contributed by atoms with van der Waals surface area (Å²) in [4.78, 5) is 25.4. The van der Waals surface area contributed by atoms with Gasteiger partial charge in [0.15, 0.2) is 0 Å². The Balaban J connectivity index is 1.37. The highest BCUT2D eigenvalue weighted by molar-refractivity contribution is 8.01. The molecule has 3 atom stereocenters. The fraction of sp³-hybridized carbons (Fsp3) is 0.308. The van der Waals surface area contributed by atoms with Crippen molar-refractivity contribution in [2.24, 2.45) is 4.99 Å². The highest BCUT2D eigenvalue weighted by Gasteiger charge is 2.47. The molecular weight excluding hydrogens is 505 g/mol. The van der Waals surface area contributed by atoms with Gasteiger partial charge in [-0.15, -0.1) is 11.8 Å². The average molecular weight is 529 g/mol. The molecular formula is C26H23F3N4O3S. The number of nitrogens with one attached hydrogen (secondary N) is 1. The van der Waals surface area contributed by atoms with E-state index in [9.17, 15) is 23.1 Å². The van der Waals surface area contributed by atoms with Crippen LogP contribution in [0.3, 0.4) is 0 Å². The number of methoxy groups -OCH3 is 1. The molecule has 0 saturated carbocycles. The molecule has 2 aliphatic rings. The molecule has 0 fully saturated rings. The fourth-order valence-electron chi connectivity index (χ4n) is 4.73. The summed E-state index contributed by atoms with van der Waals surface area (Å²) >= 11 is 1.43. The molecule has 0 amide bonds. The lowest BCUT2D eigenvalue weighted by Gasteiger charge is -2.29. The number of hydrogen-bond donors (Lipinski definition) is 2. The lowest BCUT2D eigenvalue weighted by molar-refractivity contribution is -0.137. The third kappa shape index (κ3) is 4.80. The molecule has 0 bridgehead atoms. The predicted octanol–water partition coefficient (Wildman–Crippen LogP) is 5.35. The van der Waals surface area contributed by atoms with Crippen LogP contribution in [0.4, 0.5) is 24.8 Å². The highest BCUT2D eigenvalue weighted by Crippen LogP contribution is 2.50. The minimum Gasteiger partial charge on any atom is -0.465 e. The van der Waals surface area contributed by atoms with Crippen molar-refractivity contribution >= 4 is 35.6 Å². The number of alkyl halides is 3. The molecule has 0 radical (unpaired) electrons. The smallest absolute Gasteiger partial charge is 0.416 e. The van der Waals surface area contributed by atoms with E-state index in [-0.39, 0.29) is 11.1 Å². The van der Waals surface area contributed by atoms with Crippen molar-refractivity contribution in [3.05, 3.63) is 82.2 Å². The molecule has 3 unspecified atom stereocenters. The maximum atomic E-state index is 13.1. The summed E-state index contributed by atoms with van der Waals surface area (Å²) in [7, 11) is 1.33. The van der Waals surface area contributed by atoms with Crippen LogP contribution in [0.25, 0.3) is 0 Å². The van der Waals surface area contributed by atoms with Gasteiger partial charge >= 0.3 is 12.1 Å². The van der Waals surface area contributed by atoms with E-state index in [4.69, 9.17) is 4.74 Å². The number of anilines is 2. The highest BCUT2D eigenvalue weighted by atomic mass is 32.2. The fourth-order valence-corrected chi connectivity index (χ4v) is 6.02. The summed E-state index contributed by atoms with van der Waals surface area (Å²) < 4.78 is 44.1. The zero-order valence-electron chi connectivity index (χ0n) is 19.9. The van der Waals surface area contributed by atoms with Gasteiger partial charge < -0.3 is 15.2 Å². The number of thioether (sulfide) groups is 1. The van der Waals surface area contributed by atoms with Crippen molar-refractivity contribution in [2.45, 2.75) is 42.2 Å². The molecule has 3 aromatic rings. The van der Waals surface area contributed by atoms with Gasteiger partial charge in [-0.1, -0.05) is 12.1 Å². The van der Waals surface area contributed by atoms with Crippen molar-refractivity contribution in [2.75, 3.05) is 12.4 Å². The van der Waals surface area contributed by atoms with Crippen LogP contribution in [0.15, 0.2) is 53.7 Å². The molecule has 0 saturated heterocycles. The lowest BCUT2D eigenvalue weighted by Crippen LogP contribution is -2.33. The van der Waals surface area contributed by atoms with Gasteiger partial charge in [-0.25, -0.2) is 14.8 Å². The zero-order valence-corrected chi connectivity index (χ0v) is 20.7. The normalized spacial score (nSPS) is 22.6. The number of aromatic nitrogens is 2. The van der Waals surface area contributed by atoms with Gasteiger partial charge in [0.05, 0.1) is 29.2 Å². The molecule has 1 aliphatic heterocycles. The Labute approximate surface area is 215 Å². The van der Waals surface area contributed by atoms with E-state index >= 15 is 0 Å². The van der Waals surface area contributed by atoms with Crippen LogP contribution in [0.5, 0.6) is 0 Å². The van der Waals surface area contributed by atoms with Gasteiger partial charge in [-0.3, -0.25) is 4.99 Å². The number of carbonyl (C=O) groups excluding carboxylic acids is 1. The summed E-state index contributed by atoms with van der Waals surface area (Å²) in [6, 6.07) is 10.7. The number of rotatable bonds is 5. The maximum Gasteiger partial charge on any atom is 0.416 e. The van der Waals surface area contributed by atoms with Gasteiger partial charge in [-0.2, -0.15) is 13.2 Å². The van der Waals surface area contributed by atoms with Gasteiger partial charge in [0.25, 0.3) is 0 Å². The number of fused-ring (bicyclic) bond motifs is 1. The quantitative estimate of drug-likeness (QED) is 0.431. The standard InChI is InChI=1S/C26H23F3N4O3S/c1-14-10-19(32-22(11-14)33-21-12-15(7-9-30-21)26(27,28)29)20-13-31-24(37-20)25(35)8-6-16-17(23(34)36-2)4-3-5-18(16)25/h3-5,7,9-13,20,24,35H,6,8H2,1-2H3,(H,30,32,33). The van der Waals surface area contributed by atoms with E-state index in [0.717, 1.165) is 29.5 Å². The number of aryl methyl sites for hydroxylation is 1. The van der Waals surface area contributed by atoms with Gasteiger partial charge in [0.1, 0.15) is 22.6 Å². The van der Waals surface area contributed by atoms with E-state index in [1.807, 2.05) is 19.1 Å². The number of nitrogens with zero attached hydrogens (tertiary/aromatic N) is 3. The Kier molecular flexibility index (Phi) is 6.45. The molecule has 192 valence electrons. The van der Waals surface area contributed by atoms with E-state index in [2.05, 4.69) is 20.3 Å². The van der Waals surface area contributed by atoms with Gasteiger partial charge in [0.2, 0.25) is 0 Å². The van der Waals surface area contributed by atoms with E-state index in [1.165, 1.54) is 18.9 Å². The van der Waals surface area contributed by atoms with Crippen molar-refractivity contribution in [1.29, 1.82) is 0 Å². The molecule has 3 heterocycles. The third-order valence-corrected chi connectivity index (χ3v) is 7.90. The number of aliphatic hydroxyl groups is 1. The first kappa shape index (κ1) is 25.2. The number of hydrogen-bond acceptors (Lipinski definition) is 8. The van der Waals surface area contributed by atoms with E-state index in [0.29, 0.717) is 35.5 Å². The molecule has 7 nitrogen and oxygen atoms in total. The van der Waals surface area contributed by atoms with Crippen molar-refractivity contribution in [1.82, 2.24) is 9.97 Å². The predicted molar refractivity (Wildman–Crippen MR) is 134 cm³/mol. The zero-order chi connectivity index (χ0) is 26.4. The third-order valence-electron chi connectivity index (χ3n) is 6.47. The first-order chi connectivity index (χ1) is 17.6. The Morgan fingerprint density at radius 3 is 2.78 bits per heavy atom. The van der Waals surface area contributed by atoms with Crippen LogP contribution >= 0.6 is 11.8 Å². The number of carbonyl (C=O) groups is 1. The summed E-state index contributed by atoms with van der Waals surface area (Å²) in [5, 5.41) is 13.7. The molecule has 2 N–H and O–H groups in total. The summed E-state index contributed by atoms with van der Waals surface area (Å²) in [5.74, 6) is -0.0597. The molecule has 37 heavy (non-hydrogen) atoms. The second-order valence-corrected chi connectivity index (χ2v) is 10.2. The number of pyridine rings is 2. The maximum absolute atomic E-state index is 13.1. The van der Waals surface area contributed by atoms with Crippen LogP contribution in [0, 0.1) is 6.92 Å². The second-order valence-electron chi connectivity index (χ2n) is 8.96. The minimum atomic E-state index is -4.48. The van der Waals surface area contributed by atoms with E-state index < -0.39 is 28.7 Å². The molecule has 5 rings (SSSR count). The van der Waals surface area contributed by atoms with Crippen molar-refractivity contribution < 1.29 is 27.8 Å². The second kappa shape index (κ2) is 9.46. The molecule has 11 heteroatoms. The molecule has 1 aromatic carbocycles. The van der Waals surface area contributed by atoms with Crippen LogP contribution < -0.4 is 5.32 Å². The Morgan fingerprint density at radius 2 is 2.03 bits per heavy atom.